The van der Waals surface area contributed by atoms with Crippen LogP contribution in [0, 0.1) is 17.8 Å². The molecule has 4 rings (SSSR count). The summed E-state index contributed by atoms with van der Waals surface area (Å²) in [6.07, 6.45) is -5.13. The number of aldehydes is 1. The van der Waals surface area contributed by atoms with E-state index in [4.69, 9.17) is 37.9 Å². The van der Waals surface area contributed by atoms with Crippen LogP contribution in [-0.4, -0.2) is 170 Å². The van der Waals surface area contributed by atoms with Crippen molar-refractivity contribution in [1.29, 1.82) is 0 Å². The first-order valence-corrected chi connectivity index (χ1v) is 25.2. The number of ether oxygens (including phenoxy) is 8. The SMILES string of the molecule is CCC(=O)O[C@@H]1CC(=O)O[C@H](C)CCN(CCCCCc2ccccc2)C[C@H](O)[C@H](C)C[C@H](CC=O)[C@H]([C@@H]2O[C@H](C)[C@@H](O[C@H]3C[C@@](C)(OC(C)=O)[C@@H](OC(=O)CC)[C@H](C)O3)[C@H](N(C)C)[C@H]2O)[C@@H]1OC. The molecule has 0 spiro atoms. The fraction of sp³-hybridized carbons (Fsp3) is 0.788. The van der Waals surface area contributed by atoms with Gasteiger partial charge in [0.1, 0.15) is 30.7 Å². The van der Waals surface area contributed by atoms with Gasteiger partial charge in [-0.25, -0.2) is 0 Å². The standard InChI is InChI=1S/C52H84N2O15/c1-12-41(58)66-40-29-43(60)63-33(4)23-26-54(25-19-15-18-22-37-20-16-14-17-21-37)31-39(57)32(3)28-38(24-27-55)45(49(40)62-11)50-47(61)46(53(9)10)48(34(5)65-50)68-44-30-52(8,69-36(7)56)51(35(6)64-44)67-42(59)13-2/h14,16-17,20-21,27,32-35,38-40,44-51,57,61H,12-13,15,18-19,22-26,28-31H2,1-11H3/t32-,33-,34-,35+,38+,39+,40-,44+,45+,46-,47-,48-,49-,50+,51+,52-/m1/s1. The highest BCUT2D eigenvalue weighted by atomic mass is 16.7. The molecule has 3 saturated heterocycles. The minimum Gasteiger partial charge on any atom is -0.463 e. The van der Waals surface area contributed by atoms with Crippen LogP contribution in [0.4, 0.5) is 0 Å². The summed E-state index contributed by atoms with van der Waals surface area (Å²) in [7, 11) is 5.01. The zero-order valence-corrected chi connectivity index (χ0v) is 43.1. The third-order valence-corrected chi connectivity index (χ3v) is 14.2. The minimum atomic E-state index is -1.34. The Morgan fingerprint density at radius 1 is 0.942 bits per heavy atom. The second kappa shape index (κ2) is 27.9. The Morgan fingerprint density at radius 3 is 2.25 bits per heavy atom. The third-order valence-electron chi connectivity index (χ3n) is 14.2. The summed E-state index contributed by atoms with van der Waals surface area (Å²) >= 11 is 0. The molecular weight excluding hydrogens is 893 g/mol. The van der Waals surface area contributed by atoms with Gasteiger partial charge in [-0.3, -0.25) is 19.2 Å². The van der Waals surface area contributed by atoms with E-state index in [0.29, 0.717) is 25.9 Å². The summed E-state index contributed by atoms with van der Waals surface area (Å²) in [6, 6.07) is 9.59. The second-order valence-electron chi connectivity index (χ2n) is 20.0. The summed E-state index contributed by atoms with van der Waals surface area (Å²) < 4.78 is 49.6. The Hall–Kier alpha value is -3.55. The van der Waals surface area contributed by atoms with E-state index in [1.54, 1.807) is 48.7 Å². The molecule has 17 nitrogen and oxygen atoms in total. The number of nitrogens with zero attached hydrogens (tertiary/aromatic N) is 2. The van der Waals surface area contributed by atoms with E-state index >= 15 is 0 Å². The number of hydrogen-bond acceptors (Lipinski definition) is 17. The van der Waals surface area contributed by atoms with Crippen molar-refractivity contribution in [2.45, 2.75) is 205 Å². The van der Waals surface area contributed by atoms with E-state index in [2.05, 4.69) is 17.0 Å². The molecule has 69 heavy (non-hydrogen) atoms. The van der Waals surface area contributed by atoms with Crippen molar-refractivity contribution in [3.05, 3.63) is 35.9 Å². The quantitative estimate of drug-likeness (QED) is 0.0838. The number of benzene rings is 1. The number of aliphatic hydroxyl groups is 2. The van der Waals surface area contributed by atoms with Crippen molar-refractivity contribution < 1.29 is 72.1 Å². The Bertz CT molecular complexity index is 1750. The number of cyclic esters (lactones) is 1. The maximum Gasteiger partial charge on any atom is 0.309 e. The zero-order chi connectivity index (χ0) is 51.0. The van der Waals surface area contributed by atoms with Gasteiger partial charge in [0.25, 0.3) is 0 Å². The number of hydrogen-bond donors (Lipinski definition) is 2. The highest BCUT2D eigenvalue weighted by Crippen LogP contribution is 2.43. The van der Waals surface area contributed by atoms with Crippen molar-refractivity contribution >= 4 is 30.2 Å². The van der Waals surface area contributed by atoms with Crippen molar-refractivity contribution in [1.82, 2.24) is 9.80 Å². The van der Waals surface area contributed by atoms with Crippen LogP contribution in [0.3, 0.4) is 0 Å². The average molecular weight is 977 g/mol. The highest BCUT2D eigenvalue weighted by molar-refractivity contribution is 5.73. The van der Waals surface area contributed by atoms with Gasteiger partial charge in [-0.2, -0.15) is 0 Å². The van der Waals surface area contributed by atoms with Crippen molar-refractivity contribution in [3.63, 3.8) is 0 Å². The van der Waals surface area contributed by atoms with E-state index in [1.165, 1.54) is 19.6 Å². The molecule has 0 bridgehead atoms. The number of β-amino-alcohol motifs (C(OH)–C–C–N with tert-alkyl or cyclic N) is 1. The molecular formula is C52H84N2O15. The maximum absolute atomic E-state index is 13.9. The van der Waals surface area contributed by atoms with Gasteiger partial charge in [-0.15, -0.1) is 0 Å². The van der Waals surface area contributed by atoms with Crippen LogP contribution in [0.1, 0.15) is 125 Å². The van der Waals surface area contributed by atoms with Crippen LogP contribution in [0.2, 0.25) is 0 Å². The predicted molar refractivity (Wildman–Crippen MR) is 256 cm³/mol. The highest BCUT2D eigenvalue weighted by Gasteiger charge is 2.56. The third kappa shape index (κ3) is 16.8. The van der Waals surface area contributed by atoms with Crippen molar-refractivity contribution in [3.8, 4) is 0 Å². The summed E-state index contributed by atoms with van der Waals surface area (Å²) in [6.45, 7) is 15.2. The maximum atomic E-state index is 13.9. The molecule has 3 aliphatic rings. The van der Waals surface area contributed by atoms with Gasteiger partial charge in [-0.05, 0) is 97.8 Å². The summed E-state index contributed by atoms with van der Waals surface area (Å²) in [4.78, 5) is 68.7. The van der Waals surface area contributed by atoms with Gasteiger partial charge in [0.15, 0.2) is 18.0 Å². The number of unbranched alkanes of at least 4 members (excludes halogenated alkanes) is 2. The number of aliphatic hydroxyl groups excluding tert-OH is 2. The normalized spacial score (nSPS) is 35.5. The van der Waals surface area contributed by atoms with E-state index in [-0.39, 0.29) is 38.0 Å². The fourth-order valence-corrected chi connectivity index (χ4v) is 10.6. The molecule has 3 heterocycles. The first kappa shape index (κ1) is 58.0. The van der Waals surface area contributed by atoms with Gasteiger partial charge in [0.2, 0.25) is 0 Å². The Labute approximate surface area is 410 Å². The number of carbonyl (C=O) groups is 5. The molecule has 0 saturated carbocycles. The molecule has 392 valence electrons. The Balaban J connectivity index is 1.70. The predicted octanol–water partition coefficient (Wildman–Crippen LogP) is 5.21. The monoisotopic (exact) mass is 977 g/mol. The molecule has 1 aromatic carbocycles. The van der Waals surface area contributed by atoms with Gasteiger partial charge >= 0.3 is 23.9 Å². The molecule has 0 amide bonds. The van der Waals surface area contributed by atoms with E-state index in [1.807, 2.05) is 36.9 Å². The largest absolute Gasteiger partial charge is 0.463 e. The lowest BCUT2D eigenvalue weighted by atomic mass is 9.71. The van der Waals surface area contributed by atoms with Crippen LogP contribution >= 0.6 is 0 Å². The van der Waals surface area contributed by atoms with Crippen LogP contribution < -0.4 is 0 Å². The van der Waals surface area contributed by atoms with Gasteiger partial charge < -0.3 is 62.7 Å². The molecule has 0 unspecified atom stereocenters. The number of esters is 4. The fourth-order valence-electron chi connectivity index (χ4n) is 10.6. The number of carbonyl (C=O) groups excluding carboxylic acids is 5. The molecule has 16 atom stereocenters. The van der Waals surface area contributed by atoms with Gasteiger partial charge in [-0.1, -0.05) is 57.5 Å². The van der Waals surface area contributed by atoms with E-state index in [9.17, 15) is 34.2 Å². The lowest BCUT2D eigenvalue weighted by Crippen LogP contribution is -2.67. The van der Waals surface area contributed by atoms with Crippen molar-refractivity contribution in [2.75, 3.05) is 40.8 Å². The molecule has 1 aromatic rings. The molecule has 0 radical (unpaired) electrons. The smallest absolute Gasteiger partial charge is 0.309 e. The summed E-state index contributed by atoms with van der Waals surface area (Å²) in [5.74, 6) is -4.11. The number of methoxy groups -OCH3 is 1. The molecule has 2 N–H and O–H groups in total. The van der Waals surface area contributed by atoms with Crippen LogP contribution in [0.5, 0.6) is 0 Å². The molecule has 17 heteroatoms. The van der Waals surface area contributed by atoms with Crippen LogP contribution in [0.25, 0.3) is 0 Å². The lowest BCUT2D eigenvalue weighted by molar-refractivity contribution is -0.319. The van der Waals surface area contributed by atoms with E-state index in [0.717, 1.165) is 38.5 Å². The van der Waals surface area contributed by atoms with E-state index < -0.39 is 115 Å². The first-order valence-electron chi connectivity index (χ1n) is 25.2. The lowest BCUT2D eigenvalue weighted by Gasteiger charge is -2.53. The minimum absolute atomic E-state index is 0.00752. The van der Waals surface area contributed by atoms with Crippen molar-refractivity contribution in [2.24, 2.45) is 17.8 Å². The summed E-state index contributed by atoms with van der Waals surface area (Å²) in [5.41, 5.74) is -0.0283. The number of likely N-dealkylation sites (N-methyl/N-ethyl adjacent to an activating group) is 1. The van der Waals surface area contributed by atoms with Gasteiger partial charge in [0.05, 0.1) is 43.0 Å². The van der Waals surface area contributed by atoms with Gasteiger partial charge in [0, 0.05) is 58.7 Å². The Morgan fingerprint density at radius 2 is 1.62 bits per heavy atom. The zero-order valence-electron chi connectivity index (χ0n) is 43.1. The van der Waals surface area contributed by atoms with Crippen LogP contribution in [-0.2, 0) is 68.3 Å². The number of rotatable bonds is 18. The van der Waals surface area contributed by atoms with Crippen LogP contribution in [0.15, 0.2) is 30.3 Å². The molecule has 0 aromatic heterocycles. The molecule has 0 aliphatic carbocycles. The summed E-state index contributed by atoms with van der Waals surface area (Å²) in [5, 5.41) is 24.7. The topological polar surface area (TPSA) is 206 Å². The average Bonchev–Trinajstić information content (AvgIpc) is 3.28. The Kier molecular flexibility index (Phi) is 23.5. The molecule has 3 aliphatic heterocycles. The number of aryl methyl sites for hydroxylation is 1. The first-order chi connectivity index (χ1) is 32.7. The second-order valence-corrected chi connectivity index (χ2v) is 20.0. The molecule has 3 fully saturated rings.